The molecule has 0 unspecified atom stereocenters. The van der Waals surface area contributed by atoms with Crippen molar-refractivity contribution in [1.82, 2.24) is 10.2 Å². The molecule has 0 aliphatic heterocycles. The molecule has 0 fully saturated rings. The maximum atomic E-state index is 12.0. The predicted molar refractivity (Wildman–Crippen MR) is 83.8 cm³/mol. The third-order valence-electron chi connectivity index (χ3n) is 2.70. The van der Waals surface area contributed by atoms with Gasteiger partial charge in [0.2, 0.25) is 5.91 Å². The van der Waals surface area contributed by atoms with Crippen LogP contribution in [-0.4, -0.2) is 59.4 Å². The van der Waals surface area contributed by atoms with E-state index in [0.717, 1.165) is 0 Å². The zero-order chi connectivity index (χ0) is 15.8. The largest absolute Gasteiger partial charge is 0.480 e. The summed E-state index contributed by atoms with van der Waals surface area (Å²) >= 11 is 2.81. The third kappa shape index (κ3) is 5.76. The summed E-state index contributed by atoms with van der Waals surface area (Å²) in [5.41, 5.74) is 0. The molecule has 2 amide bonds. The van der Waals surface area contributed by atoms with Crippen LogP contribution in [0.15, 0.2) is 17.5 Å². The molecule has 8 heteroatoms. The van der Waals surface area contributed by atoms with Gasteiger partial charge in [-0.2, -0.15) is 11.8 Å². The number of carbonyl (C=O) groups excluding carboxylic acids is 2. The Balaban J connectivity index is 2.51. The standard InChI is InChI=1S/C13H18N2O4S2/c1-15(12(17)10-4-3-6-21-10)8-11(16)14-9(13(18)19)5-7-20-2/h3-4,6,9H,5,7-8H2,1-2H3,(H,14,16)(H,18,19)/t9-/m1/s1. The van der Waals surface area contributed by atoms with Crippen molar-refractivity contribution < 1.29 is 19.5 Å². The molecule has 6 nitrogen and oxygen atoms in total. The van der Waals surface area contributed by atoms with Crippen LogP contribution >= 0.6 is 23.1 Å². The lowest BCUT2D eigenvalue weighted by Crippen LogP contribution is -2.46. The van der Waals surface area contributed by atoms with Gasteiger partial charge in [-0.1, -0.05) is 6.07 Å². The van der Waals surface area contributed by atoms with Crippen LogP contribution < -0.4 is 5.32 Å². The molecule has 0 aromatic carbocycles. The molecular formula is C13H18N2O4S2. The number of amides is 2. The number of thiophene rings is 1. The molecule has 0 radical (unpaired) electrons. The Morgan fingerprint density at radius 2 is 2.19 bits per heavy atom. The van der Waals surface area contributed by atoms with Crippen LogP contribution in [-0.2, 0) is 9.59 Å². The van der Waals surface area contributed by atoms with Gasteiger partial charge in [-0.15, -0.1) is 11.3 Å². The van der Waals surface area contributed by atoms with Crippen molar-refractivity contribution >= 4 is 40.9 Å². The molecule has 1 heterocycles. The van der Waals surface area contributed by atoms with Crippen molar-refractivity contribution in [1.29, 1.82) is 0 Å². The summed E-state index contributed by atoms with van der Waals surface area (Å²) in [6.45, 7) is -0.167. The summed E-state index contributed by atoms with van der Waals surface area (Å²) in [4.78, 5) is 36.7. The van der Waals surface area contributed by atoms with E-state index >= 15 is 0 Å². The first kappa shape index (κ1) is 17.5. The fourth-order valence-electron chi connectivity index (χ4n) is 1.61. The molecule has 1 aromatic rings. The average molecular weight is 330 g/mol. The highest BCUT2D eigenvalue weighted by Gasteiger charge is 2.21. The SMILES string of the molecule is CSCC[C@@H](NC(=O)CN(C)C(=O)c1cccs1)C(=O)O. The van der Waals surface area contributed by atoms with Gasteiger partial charge in [-0.3, -0.25) is 9.59 Å². The summed E-state index contributed by atoms with van der Waals surface area (Å²) < 4.78 is 0. The van der Waals surface area contributed by atoms with Crippen LogP contribution in [0.1, 0.15) is 16.1 Å². The van der Waals surface area contributed by atoms with Crippen molar-refractivity contribution in [3.63, 3.8) is 0 Å². The normalized spacial score (nSPS) is 11.7. The lowest BCUT2D eigenvalue weighted by atomic mass is 10.2. The minimum Gasteiger partial charge on any atom is -0.480 e. The predicted octanol–water partition coefficient (Wildman–Crippen LogP) is 1.14. The molecular weight excluding hydrogens is 312 g/mol. The lowest BCUT2D eigenvalue weighted by Gasteiger charge is -2.18. The highest BCUT2D eigenvalue weighted by molar-refractivity contribution is 7.98. The van der Waals surface area contributed by atoms with Crippen LogP contribution in [0, 0.1) is 0 Å². The summed E-state index contributed by atoms with van der Waals surface area (Å²) in [5.74, 6) is -1.15. The molecule has 1 aromatic heterocycles. The zero-order valence-corrected chi connectivity index (χ0v) is 13.5. The van der Waals surface area contributed by atoms with Gasteiger partial charge < -0.3 is 15.3 Å². The first-order valence-electron chi connectivity index (χ1n) is 6.25. The molecule has 0 aliphatic carbocycles. The fraction of sp³-hybridized carbons (Fsp3) is 0.462. The number of aliphatic carboxylic acids is 1. The van der Waals surface area contributed by atoms with Crippen LogP contribution in [0.25, 0.3) is 0 Å². The number of hydrogen-bond donors (Lipinski definition) is 2. The highest BCUT2D eigenvalue weighted by Crippen LogP contribution is 2.10. The molecule has 0 saturated carbocycles. The van der Waals surface area contributed by atoms with Crippen LogP contribution in [0.2, 0.25) is 0 Å². The summed E-state index contributed by atoms with van der Waals surface area (Å²) in [6, 6.07) is 2.52. The van der Waals surface area contributed by atoms with Crippen LogP contribution in [0.3, 0.4) is 0 Å². The number of carboxylic acid groups (broad SMARTS) is 1. The van der Waals surface area contributed by atoms with Gasteiger partial charge in [0.15, 0.2) is 0 Å². The Labute approximate surface area is 131 Å². The second-order valence-electron chi connectivity index (χ2n) is 4.38. The first-order chi connectivity index (χ1) is 9.95. The molecule has 0 aliphatic rings. The van der Waals surface area contributed by atoms with Crippen LogP contribution in [0.4, 0.5) is 0 Å². The van der Waals surface area contributed by atoms with Crippen molar-refractivity contribution in [3.05, 3.63) is 22.4 Å². The molecule has 1 rings (SSSR count). The van der Waals surface area contributed by atoms with Crippen molar-refractivity contribution in [2.75, 3.05) is 25.6 Å². The first-order valence-corrected chi connectivity index (χ1v) is 8.53. The smallest absolute Gasteiger partial charge is 0.326 e. The second-order valence-corrected chi connectivity index (χ2v) is 6.31. The van der Waals surface area contributed by atoms with Gasteiger partial charge in [0.05, 0.1) is 11.4 Å². The monoisotopic (exact) mass is 330 g/mol. The molecule has 0 bridgehead atoms. The number of hydrogen-bond acceptors (Lipinski definition) is 5. The van der Waals surface area contributed by atoms with Gasteiger partial charge in [-0.25, -0.2) is 4.79 Å². The second kappa shape index (κ2) is 8.68. The summed E-state index contributed by atoms with van der Waals surface area (Å²) in [7, 11) is 1.51. The Kier molecular flexibility index (Phi) is 7.24. The van der Waals surface area contributed by atoms with Crippen molar-refractivity contribution in [2.45, 2.75) is 12.5 Å². The molecule has 2 N–H and O–H groups in total. The fourth-order valence-corrected chi connectivity index (χ4v) is 2.80. The van der Waals surface area contributed by atoms with E-state index in [9.17, 15) is 14.4 Å². The Hall–Kier alpha value is -1.54. The third-order valence-corrected chi connectivity index (χ3v) is 4.21. The van der Waals surface area contributed by atoms with E-state index in [2.05, 4.69) is 5.32 Å². The Morgan fingerprint density at radius 3 is 2.71 bits per heavy atom. The van der Waals surface area contributed by atoms with E-state index in [1.807, 2.05) is 6.26 Å². The summed E-state index contributed by atoms with van der Waals surface area (Å²) in [6.07, 6.45) is 2.22. The van der Waals surface area contributed by atoms with Crippen molar-refractivity contribution in [3.8, 4) is 0 Å². The number of likely N-dealkylation sites (N-methyl/N-ethyl adjacent to an activating group) is 1. The molecule has 1 atom stereocenters. The number of nitrogens with one attached hydrogen (secondary N) is 1. The highest BCUT2D eigenvalue weighted by atomic mass is 32.2. The van der Waals surface area contributed by atoms with Gasteiger partial charge >= 0.3 is 5.97 Å². The lowest BCUT2D eigenvalue weighted by molar-refractivity contribution is -0.141. The molecule has 116 valence electrons. The summed E-state index contributed by atoms with van der Waals surface area (Å²) in [5, 5.41) is 13.3. The van der Waals surface area contributed by atoms with Gasteiger partial charge in [-0.05, 0) is 29.9 Å². The number of carboxylic acids is 1. The van der Waals surface area contributed by atoms with E-state index in [4.69, 9.17) is 5.11 Å². The zero-order valence-electron chi connectivity index (χ0n) is 11.9. The average Bonchev–Trinajstić information content (AvgIpc) is 2.96. The maximum absolute atomic E-state index is 12.0. The van der Waals surface area contributed by atoms with E-state index in [1.165, 1.54) is 35.0 Å². The molecule has 21 heavy (non-hydrogen) atoms. The number of thioether (sulfide) groups is 1. The minimum atomic E-state index is -1.07. The van der Waals surface area contributed by atoms with Gasteiger partial charge in [0, 0.05) is 7.05 Å². The maximum Gasteiger partial charge on any atom is 0.326 e. The van der Waals surface area contributed by atoms with E-state index < -0.39 is 17.9 Å². The quantitative estimate of drug-likeness (QED) is 0.746. The molecule has 0 saturated heterocycles. The van der Waals surface area contributed by atoms with E-state index in [1.54, 1.807) is 17.5 Å². The number of carbonyl (C=O) groups is 3. The number of rotatable bonds is 8. The van der Waals surface area contributed by atoms with Gasteiger partial charge in [0.25, 0.3) is 5.91 Å². The van der Waals surface area contributed by atoms with E-state index in [-0.39, 0.29) is 12.5 Å². The minimum absolute atomic E-state index is 0.167. The van der Waals surface area contributed by atoms with E-state index in [0.29, 0.717) is 17.1 Å². The van der Waals surface area contributed by atoms with Gasteiger partial charge in [0.1, 0.15) is 6.04 Å². The number of nitrogens with zero attached hydrogens (tertiary/aromatic N) is 1. The Morgan fingerprint density at radius 1 is 1.48 bits per heavy atom. The molecule has 0 spiro atoms. The topological polar surface area (TPSA) is 86.7 Å². The van der Waals surface area contributed by atoms with Crippen LogP contribution in [0.5, 0.6) is 0 Å². The Bertz CT molecular complexity index is 490. The van der Waals surface area contributed by atoms with Crippen molar-refractivity contribution in [2.24, 2.45) is 0 Å².